The summed E-state index contributed by atoms with van der Waals surface area (Å²) in [6, 6.07) is 1.90. The third kappa shape index (κ3) is 1.67. The number of nitrogens with two attached hydrogens (primary N) is 1. The van der Waals surface area contributed by atoms with Crippen molar-refractivity contribution in [3.8, 4) is 5.82 Å². The normalized spacial score (nSPS) is 14.6. The van der Waals surface area contributed by atoms with Crippen LogP contribution in [0.4, 0.5) is 5.82 Å². The Labute approximate surface area is 99.7 Å². The van der Waals surface area contributed by atoms with Crippen LogP contribution in [0, 0.1) is 6.92 Å². The van der Waals surface area contributed by atoms with Gasteiger partial charge in [-0.25, -0.2) is 9.97 Å². The maximum atomic E-state index is 6.15. The minimum atomic E-state index is 0.734. The van der Waals surface area contributed by atoms with Gasteiger partial charge in [0.25, 0.3) is 0 Å². The van der Waals surface area contributed by atoms with E-state index in [4.69, 9.17) is 5.73 Å². The second kappa shape index (κ2) is 3.84. The highest BCUT2D eigenvalue weighted by molar-refractivity contribution is 5.49. The lowest BCUT2D eigenvalue weighted by Gasteiger charge is -2.08. The summed E-state index contributed by atoms with van der Waals surface area (Å²) in [6.07, 6.45) is 6.00. The highest BCUT2D eigenvalue weighted by atomic mass is 15.3. The van der Waals surface area contributed by atoms with Crippen molar-refractivity contribution in [3.05, 3.63) is 29.3 Å². The third-order valence-corrected chi connectivity index (χ3v) is 3.20. The molecule has 0 fully saturated rings. The highest BCUT2D eigenvalue weighted by Crippen LogP contribution is 2.27. The molecule has 2 heterocycles. The molecular formula is C12H15N5. The predicted molar refractivity (Wildman–Crippen MR) is 64.9 cm³/mol. The molecule has 0 spiro atoms. The van der Waals surface area contributed by atoms with Gasteiger partial charge in [0.1, 0.15) is 12.1 Å². The average Bonchev–Trinajstić information content (AvgIpc) is 2.68. The number of nitrogen functional groups attached to an aromatic ring is 1. The molecule has 0 atom stereocenters. The molecule has 0 saturated heterocycles. The van der Waals surface area contributed by atoms with Gasteiger partial charge in [0.05, 0.1) is 5.69 Å². The van der Waals surface area contributed by atoms with Gasteiger partial charge in [-0.15, -0.1) is 0 Å². The standard InChI is InChI=1S/C12H15N5/c1-8-6-11(15-7-14-8)17-12(13)9-4-2-3-5-10(9)16-17/h6-7H,2-5,13H2,1H3. The van der Waals surface area contributed by atoms with E-state index in [1.165, 1.54) is 18.4 Å². The largest absolute Gasteiger partial charge is 0.383 e. The first-order chi connectivity index (χ1) is 8.25. The van der Waals surface area contributed by atoms with E-state index in [1.807, 2.05) is 13.0 Å². The van der Waals surface area contributed by atoms with Crippen LogP contribution in [0.1, 0.15) is 29.8 Å². The minimum absolute atomic E-state index is 0.734. The molecule has 5 nitrogen and oxygen atoms in total. The number of anilines is 1. The van der Waals surface area contributed by atoms with Gasteiger partial charge in [0, 0.05) is 17.3 Å². The molecule has 0 amide bonds. The maximum Gasteiger partial charge on any atom is 0.159 e. The fraction of sp³-hybridized carbons (Fsp3) is 0.417. The molecule has 0 saturated carbocycles. The van der Waals surface area contributed by atoms with Crippen LogP contribution >= 0.6 is 0 Å². The molecule has 0 unspecified atom stereocenters. The molecule has 5 heteroatoms. The molecule has 2 aromatic heterocycles. The van der Waals surface area contributed by atoms with Gasteiger partial charge >= 0.3 is 0 Å². The Kier molecular flexibility index (Phi) is 2.31. The number of aromatic nitrogens is 4. The Morgan fingerprint density at radius 2 is 2.06 bits per heavy atom. The Hall–Kier alpha value is -1.91. The lowest BCUT2D eigenvalue weighted by atomic mass is 9.98. The highest BCUT2D eigenvalue weighted by Gasteiger charge is 2.19. The zero-order chi connectivity index (χ0) is 11.8. The van der Waals surface area contributed by atoms with Gasteiger partial charge in [0.15, 0.2) is 5.82 Å². The van der Waals surface area contributed by atoms with Crippen molar-refractivity contribution < 1.29 is 0 Å². The van der Waals surface area contributed by atoms with Crippen molar-refractivity contribution >= 4 is 5.82 Å². The molecule has 2 N–H and O–H groups in total. The summed E-state index contributed by atoms with van der Waals surface area (Å²) < 4.78 is 1.74. The van der Waals surface area contributed by atoms with Crippen LogP contribution in [0.25, 0.3) is 5.82 Å². The summed E-state index contributed by atoms with van der Waals surface area (Å²) in [5.74, 6) is 1.49. The fourth-order valence-corrected chi connectivity index (χ4v) is 2.31. The van der Waals surface area contributed by atoms with Crippen LogP contribution in [0.2, 0.25) is 0 Å². The Balaban J connectivity index is 2.12. The molecule has 0 aromatic carbocycles. The second-order valence-electron chi connectivity index (χ2n) is 4.45. The minimum Gasteiger partial charge on any atom is -0.383 e. The first kappa shape index (κ1) is 10.3. The summed E-state index contributed by atoms with van der Waals surface area (Å²) in [7, 11) is 0. The van der Waals surface area contributed by atoms with Gasteiger partial charge < -0.3 is 5.73 Å². The summed E-state index contributed by atoms with van der Waals surface area (Å²) in [5, 5.41) is 4.56. The van der Waals surface area contributed by atoms with Crippen LogP contribution in [0.15, 0.2) is 12.4 Å². The second-order valence-corrected chi connectivity index (χ2v) is 4.45. The molecule has 0 aliphatic heterocycles. The van der Waals surface area contributed by atoms with Gasteiger partial charge in [-0.1, -0.05) is 0 Å². The van der Waals surface area contributed by atoms with Crippen molar-refractivity contribution in [2.75, 3.05) is 5.73 Å². The topological polar surface area (TPSA) is 69.6 Å². The monoisotopic (exact) mass is 229 g/mol. The smallest absolute Gasteiger partial charge is 0.159 e. The maximum absolute atomic E-state index is 6.15. The Morgan fingerprint density at radius 1 is 1.24 bits per heavy atom. The molecule has 2 aromatic rings. The average molecular weight is 229 g/mol. The van der Waals surface area contributed by atoms with Crippen molar-refractivity contribution in [2.45, 2.75) is 32.6 Å². The van der Waals surface area contributed by atoms with Gasteiger partial charge in [-0.05, 0) is 32.6 Å². The van der Waals surface area contributed by atoms with E-state index in [1.54, 1.807) is 11.0 Å². The molecular weight excluding hydrogens is 214 g/mol. The van der Waals surface area contributed by atoms with E-state index in [0.29, 0.717) is 0 Å². The van der Waals surface area contributed by atoms with Crippen molar-refractivity contribution in [1.82, 2.24) is 19.7 Å². The zero-order valence-corrected chi connectivity index (χ0v) is 9.85. The molecule has 3 rings (SSSR count). The van der Waals surface area contributed by atoms with E-state index in [9.17, 15) is 0 Å². The molecule has 1 aliphatic rings. The summed E-state index contributed by atoms with van der Waals surface area (Å²) in [5.41, 5.74) is 9.40. The van der Waals surface area contributed by atoms with Crippen LogP contribution in [0.3, 0.4) is 0 Å². The van der Waals surface area contributed by atoms with Crippen molar-refractivity contribution in [2.24, 2.45) is 0 Å². The number of hydrogen-bond acceptors (Lipinski definition) is 4. The van der Waals surface area contributed by atoms with Gasteiger partial charge in [0.2, 0.25) is 0 Å². The molecule has 17 heavy (non-hydrogen) atoms. The van der Waals surface area contributed by atoms with Crippen molar-refractivity contribution in [3.63, 3.8) is 0 Å². The summed E-state index contributed by atoms with van der Waals surface area (Å²) >= 11 is 0. The van der Waals surface area contributed by atoms with Gasteiger partial charge in [-0.2, -0.15) is 9.78 Å². The zero-order valence-electron chi connectivity index (χ0n) is 9.85. The van der Waals surface area contributed by atoms with E-state index in [0.717, 1.165) is 35.9 Å². The summed E-state index contributed by atoms with van der Waals surface area (Å²) in [4.78, 5) is 8.31. The molecule has 1 aliphatic carbocycles. The molecule has 88 valence electrons. The quantitative estimate of drug-likeness (QED) is 0.803. The third-order valence-electron chi connectivity index (χ3n) is 3.20. The number of hydrogen-bond donors (Lipinski definition) is 1. The van der Waals surface area contributed by atoms with Crippen molar-refractivity contribution in [1.29, 1.82) is 0 Å². The number of nitrogens with zero attached hydrogens (tertiary/aromatic N) is 4. The predicted octanol–water partition coefficient (Wildman–Crippen LogP) is 1.43. The Bertz CT molecular complexity index is 558. The first-order valence-electron chi connectivity index (χ1n) is 5.91. The Morgan fingerprint density at radius 3 is 2.82 bits per heavy atom. The summed E-state index contributed by atoms with van der Waals surface area (Å²) in [6.45, 7) is 1.94. The van der Waals surface area contributed by atoms with E-state index in [-0.39, 0.29) is 0 Å². The number of fused-ring (bicyclic) bond motifs is 1. The fourth-order valence-electron chi connectivity index (χ4n) is 2.31. The molecule has 0 radical (unpaired) electrons. The van der Waals surface area contributed by atoms with E-state index < -0.39 is 0 Å². The number of aryl methyl sites for hydroxylation is 2. The van der Waals surface area contributed by atoms with E-state index >= 15 is 0 Å². The SMILES string of the molecule is Cc1cc(-n2nc3c(c2N)CCCC3)ncn1. The lowest BCUT2D eigenvalue weighted by molar-refractivity contribution is 0.670. The van der Waals surface area contributed by atoms with Crippen LogP contribution in [-0.4, -0.2) is 19.7 Å². The van der Waals surface area contributed by atoms with Gasteiger partial charge in [-0.3, -0.25) is 0 Å². The lowest BCUT2D eigenvalue weighted by Crippen LogP contribution is -2.05. The first-order valence-corrected chi connectivity index (χ1v) is 5.91. The number of rotatable bonds is 1. The van der Waals surface area contributed by atoms with Crippen LogP contribution < -0.4 is 5.73 Å². The van der Waals surface area contributed by atoms with Crippen LogP contribution in [-0.2, 0) is 12.8 Å². The molecule has 0 bridgehead atoms. The van der Waals surface area contributed by atoms with Crippen LogP contribution in [0.5, 0.6) is 0 Å². The van der Waals surface area contributed by atoms with E-state index in [2.05, 4.69) is 15.1 Å².